The third kappa shape index (κ3) is 4.02. The van der Waals surface area contributed by atoms with E-state index in [2.05, 4.69) is 4.72 Å². The van der Waals surface area contributed by atoms with Crippen molar-refractivity contribution in [1.82, 2.24) is 4.72 Å². The van der Waals surface area contributed by atoms with Crippen LogP contribution in [0.2, 0.25) is 0 Å². The lowest BCUT2D eigenvalue weighted by Crippen LogP contribution is -2.34. The molecule has 1 aliphatic rings. The van der Waals surface area contributed by atoms with Crippen LogP contribution in [0.25, 0.3) is 0 Å². The molecule has 2 rings (SSSR count). The zero-order chi connectivity index (χ0) is 15.7. The van der Waals surface area contributed by atoms with E-state index in [1.165, 1.54) is 0 Å². The highest BCUT2D eigenvalue weighted by atomic mass is 32.3. The molecule has 1 aromatic rings. The molecule has 1 aliphatic carbocycles. The summed E-state index contributed by atoms with van der Waals surface area (Å²) in [5, 5.41) is 0. The molecule has 0 heterocycles. The van der Waals surface area contributed by atoms with Gasteiger partial charge in [-0.3, -0.25) is 0 Å². The van der Waals surface area contributed by atoms with Gasteiger partial charge in [0.15, 0.2) is 0 Å². The molecule has 0 atom stereocenters. The first-order valence-corrected chi connectivity index (χ1v) is 9.54. The number of nitrogens with one attached hydrogen (secondary N) is 1. The quantitative estimate of drug-likeness (QED) is 0.837. The van der Waals surface area contributed by atoms with E-state index >= 15 is 0 Å². The Morgan fingerprint density at radius 2 is 1.52 bits per heavy atom. The fourth-order valence-electron chi connectivity index (χ4n) is 2.54. The third-order valence-corrected chi connectivity index (χ3v) is 6.17. The van der Waals surface area contributed by atoms with Gasteiger partial charge in [0.2, 0.25) is 10.0 Å². The minimum atomic E-state index is -4.82. The first-order valence-electron chi connectivity index (χ1n) is 6.67. The summed E-state index contributed by atoms with van der Waals surface area (Å²) in [7, 11) is -8.53. The second kappa shape index (κ2) is 5.66. The van der Waals surface area contributed by atoms with Crippen LogP contribution in [0.5, 0.6) is 0 Å². The van der Waals surface area contributed by atoms with Crippen LogP contribution in [-0.2, 0) is 20.2 Å². The molecule has 0 amide bonds. The summed E-state index contributed by atoms with van der Waals surface area (Å²) < 4.78 is 61.0. The number of halogens is 1. The largest absolute Gasteiger partial charge is 0.332 e. The van der Waals surface area contributed by atoms with Gasteiger partial charge in [-0.1, -0.05) is 19.8 Å². The van der Waals surface area contributed by atoms with Crippen LogP contribution < -0.4 is 4.72 Å². The van der Waals surface area contributed by atoms with E-state index < -0.39 is 25.1 Å². The van der Waals surface area contributed by atoms with Gasteiger partial charge >= 0.3 is 10.2 Å². The molecule has 0 bridgehead atoms. The predicted octanol–water partition coefficient (Wildman–Crippen LogP) is 2.20. The average molecular weight is 335 g/mol. The molecular formula is C13H18FNO4S2. The monoisotopic (exact) mass is 335 g/mol. The summed E-state index contributed by atoms with van der Waals surface area (Å²) in [5.41, 5.74) is -0.0325. The molecule has 0 unspecified atom stereocenters. The van der Waals surface area contributed by atoms with Crippen molar-refractivity contribution in [3.63, 3.8) is 0 Å². The summed E-state index contributed by atoms with van der Waals surface area (Å²) in [6.07, 6.45) is 4.16. The molecule has 8 heteroatoms. The molecule has 0 radical (unpaired) electrons. The maximum atomic E-state index is 12.8. The lowest BCUT2D eigenvalue weighted by molar-refractivity contribution is 0.336. The Labute approximate surface area is 124 Å². The van der Waals surface area contributed by atoms with E-state index in [9.17, 15) is 20.7 Å². The highest BCUT2D eigenvalue weighted by Gasteiger charge is 2.30. The molecule has 0 aliphatic heterocycles. The van der Waals surface area contributed by atoms with E-state index in [1.807, 2.05) is 6.92 Å². The van der Waals surface area contributed by atoms with Gasteiger partial charge in [0.05, 0.1) is 9.79 Å². The lowest BCUT2D eigenvalue weighted by Gasteiger charge is -2.23. The van der Waals surface area contributed by atoms with Crippen LogP contribution >= 0.6 is 0 Å². The van der Waals surface area contributed by atoms with Gasteiger partial charge in [-0.15, -0.1) is 3.89 Å². The van der Waals surface area contributed by atoms with Gasteiger partial charge < -0.3 is 0 Å². The Balaban J connectivity index is 2.12. The van der Waals surface area contributed by atoms with Crippen molar-refractivity contribution < 1.29 is 20.7 Å². The normalized spacial score (nSPS) is 18.8. The van der Waals surface area contributed by atoms with E-state index in [1.54, 1.807) is 0 Å². The standard InChI is InChI=1S/C13H18FNO4S2/c1-13(8-2-3-9-13)10-15-21(18,19)12-6-4-11(5-7-12)20(14,16)17/h4-7,15H,2-3,8-10H2,1H3. The van der Waals surface area contributed by atoms with Gasteiger partial charge in [-0.25, -0.2) is 13.1 Å². The Morgan fingerprint density at radius 3 is 2.00 bits per heavy atom. The SMILES string of the molecule is CC1(CNS(=O)(=O)c2ccc(S(=O)(=O)F)cc2)CCCC1. The molecule has 0 saturated heterocycles. The molecule has 1 saturated carbocycles. The molecule has 5 nitrogen and oxygen atoms in total. The van der Waals surface area contributed by atoms with E-state index in [-0.39, 0.29) is 10.3 Å². The maximum absolute atomic E-state index is 12.8. The number of sulfonamides is 1. The second-order valence-electron chi connectivity index (χ2n) is 5.75. The van der Waals surface area contributed by atoms with Crippen LogP contribution in [0.15, 0.2) is 34.1 Å². The maximum Gasteiger partial charge on any atom is 0.332 e. The highest BCUT2D eigenvalue weighted by molar-refractivity contribution is 7.89. The Morgan fingerprint density at radius 1 is 1.05 bits per heavy atom. The number of rotatable bonds is 5. The first kappa shape index (κ1) is 16.4. The van der Waals surface area contributed by atoms with Gasteiger partial charge in [0.1, 0.15) is 0 Å². The van der Waals surface area contributed by atoms with E-state index in [4.69, 9.17) is 0 Å². The summed E-state index contributed by atoms with van der Waals surface area (Å²) in [6, 6.07) is 4.07. The molecule has 21 heavy (non-hydrogen) atoms. The number of benzene rings is 1. The third-order valence-electron chi connectivity index (χ3n) is 3.92. The van der Waals surface area contributed by atoms with Crippen LogP contribution in [-0.4, -0.2) is 23.4 Å². The predicted molar refractivity (Wildman–Crippen MR) is 76.5 cm³/mol. The fourth-order valence-corrected chi connectivity index (χ4v) is 4.20. The van der Waals surface area contributed by atoms with Gasteiger partial charge in [-0.05, 0) is 42.5 Å². The zero-order valence-electron chi connectivity index (χ0n) is 11.7. The van der Waals surface area contributed by atoms with Crippen molar-refractivity contribution in [2.24, 2.45) is 5.41 Å². The van der Waals surface area contributed by atoms with Crippen molar-refractivity contribution in [2.45, 2.75) is 42.4 Å². The average Bonchev–Trinajstić information content (AvgIpc) is 2.84. The van der Waals surface area contributed by atoms with E-state index in [0.29, 0.717) is 6.54 Å². The minimum absolute atomic E-state index is 0.0325. The van der Waals surface area contributed by atoms with Crippen molar-refractivity contribution >= 4 is 20.2 Å². The van der Waals surface area contributed by atoms with Gasteiger partial charge in [0, 0.05) is 6.54 Å². The van der Waals surface area contributed by atoms with Gasteiger partial charge in [-0.2, -0.15) is 8.42 Å². The number of hydrogen-bond donors (Lipinski definition) is 1. The van der Waals surface area contributed by atoms with Crippen molar-refractivity contribution in [3.8, 4) is 0 Å². The molecule has 0 aromatic heterocycles. The zero-order valence-corrected chi connectivity index (χ0v) is 13.3. The smallest absolute Gasteiger partial charge is 0.211 e. The Kier molecular flexibility index (Phi) is 4.41. The van der Waals surface area contributed by atoms with Crippen LogP contribution in [0.4, 0.5) is 3.89 Å². The van der Waals surface area contributed by atoms with Crippen LogP contribution in [0.1, 0.15) is 32.6 Å². The molecule has 1 N–H and O–H groups in total. The second-order valence-corrected chi connectivity index (χ2v) is 8.87. The molecule has 118 valence electrons. The summed E-state index contributed by atoms with van der Waals surface area (Å²) in [4.78, 5) is -0.624. The summed E-state index contributed by atoms with van der Waals surface area (Å²) in [6.45, 7) is 2.39. The Hall–Kier alpha value is -0.990. The van der Waals surface area contributed by atoms with Crippen molar-refractivity contribution in [3.05, 3.63) is 24.3 Å². The molecule has 0 spiro atoms. The summed E-state index contributed by atoms with van der Waals surface area (Å²) in [5.74, 6) is 0. The molecule has 1 fully saturated rings. The van der Waals surface area contributed by atoms with Crippen LogP contribution in [0.3, 0.4) is 0 Å². The van der Waals surface area contributed by atoms with Crippen molar-refractivity contribution in [1.29, 1.82) is 0 Å². The van der Waals surface area contributed by atoms with E-state index in [0.717, 1.165) is 49.9 Å². The minimum Gasteiger partial charge on any atom is -0.211 e. The number of hydrogen-bond acceptors (Lipinski definition) is 4. The molecular weight excluding hydrogens is 317 g/mol. The van der Waals surface area contributed by atoms with Crippen molar-refractivity contribution in [2.75, 3.05) is 6.54 Å². The fraction of sp³-hybridized carbons (Fsp3) is 0.538. The van der Waals surface area contributed by atoms with Gasteiger partial charge in [0.25, 0.3) is 0 Å². The topological polar surface area (TPSA) is 80.3 Å². The first-order chi connectivity index (χ1) is 9.62. The van der Waals surface area contributed by atoms with Crippen LogP contribution in [0, 0.1) is 5.41 Å². The lowest BCUT2D eigenvalue weighted by atomic mass is 9.89. The Bertz CT molecular complexity index is 705. The molecule has 1 aromatic carbocycles. The highest BCUT2D eigenvalue weighted by Crippen LogP contribution is 2.37. The summed E-state index contributed by atoms with van der Waals surface area (Å²) >= 11 is 0.